The molecule has 0 aromatic heterocycles. The third kappa shape index (κ3) is 4.90. The van der Waals surface area contributed by atoms with E-state index in [4.69, 9.17) is 0 Å². The fourth-order valence-electron chi connectivity index (χ4n) is 3.75. The second-order valence-electron chi connectivity index (χ2n) is 7.84. The number of amides is 2. The van der Waals surface area contributed by atoms with E-state index in [1.807, 2.05) is 12.1 Å². The molecule has 1 saturated heterocycles. The molecule has 3 aromatic rings. The highest BCUT2D eigenvalue weighted by molar-refractivity contribution is 7.92. The lowest BCUT2D eigenvalue weighted by Crippen LogP contribution is -2.35. The number of nitrogens with one attached hydrogen (secondary N) is 1. The number of carbonyl (C=O) groups is 2. The minimum atomic E-state index is -3.75. The molecular formula is C25H25N3O4S. The van der Waals surface area contributed by atoms with E-state index in [0.29, 0.717) is 29.9 Å². The molecule has 33 heavy (non-hydrogen) atoms. The Balaban J connectivity index is 1.48. The van der Waals surface area contributed by atoms with E-state index in [1.165, 1.54) is 35.6 Å². The molecule has 0 aliphatic carbocycles. The lowest BCUT2D eigenvalue weighted by Gasteiger charge is -2.27. The second kappa shape index (κ2) is 9.46. The molecular weight excluding hydrogens is 438 g/mol. The fourth-order valence-corrected chi connectivity index (χ4v) is 4.94. The standard InChI is InChI=1S/C25H25N3O4S/c1-27(21-9-3-2-4-10-21)33(31,32)23-15-13-19(14-16-23)25(30)26-20-8-7-11-22(18-20)28-17-6-5-12-24(28)29/h2-4,7-11,13-16,18H,5-6,12,17H2,1H3,(H,26,30). The van der Waals surface area contributed by atoms with Crippen LogP contribution >= 0.6 is 0 Å². The molecule has 2 amide bonds. The van der Waals surface area contributed by atoms with Gasteiger partial charge in [0.15, 0.2) is 0 Å². The van der Waals surface area contributed by atoms with E-state index in [0.717, 1.165) is 18.5 Å². The van der Waals surface area contributed by atoms with Gasteiger partial charge < -0.3 is 10.2 Å². The summed E-state index contributed by atoms with van der Waals surface area (Å²) in [6.45, 7) is 0.670. The van der Waals surface area contributed by atoms with Gasteiger partial charge in [-0.1, -0.05) is 24.3 Å². The molecule has 4 rings (SSSR count). The molecule has 8 heteroatoms. The van der Waals surface area contributed by atoms with Crippen LogP contribution < -0.4 is 14.5 Å². The maximum atomic E-state index is 12.9. The van der Waals surface area contributed by atoms with E-state index < -0.39 is 10.0 Å². The van der Waals surface area contributed by atoms with Gasteiger partial charge in [-0.3, -0.25) is 13.9 Å². The largest absolute Gasteiger partial charge is 0.322 e. The SMILES string of the molecule is CN(c1ccccc1)S(=O)(=O)c1ccc(C(=O)Nc2cccc(N3CCCCC3=O)c2)cc1. The molecule has 1 aliphatic rings. The topological polar surface area (TPSA) is 86.8 Å². The summed E-state index contributed by atoms with van der Waals surface area (Å²) >= 11 is 0. The number of benzene rings is 3. The Morgan fingerprint density at radius 1 is 0.939 bits per heavy atom. The third-order valence-electron chi connectivity index (χ3n) is 5.63. The zero-order valence-corrected chi connectivity index (χ0v) is 19.1. The number of rotatable bonds is 6. The minimum Gasteiger partial charge on any atom is -0.322 e. The Morgan fingerprint density at radius 3 is 2.36 bits per heavy atom. The predicted octanol–water partition coefficient (Wildman–Crippen LogP) is 4.28. The maximum absolute atomic E-state index is 12.9. The lowest BCUT2D eigenvalue weighted by molar-refractivity contribution is -0.119. The van der Waals surface area contributed by atoms with Gasteiger partial charge >= 0.3 is 0 Å². The molecule has 170 valence electrons. The average Bonchev–Trinajstić information content (AvgIpc) is 2.84. The number of sulfonamides is 1. The summed E-state index contributed by atoms with van der Waals surface area (Å²) in [6, 6.07) is 21.8. The Kier molecular flexibility index (Phi) is 6.46. The van der Waals surface area contributed by atoms with Crippen LogP contribution in [0.15, 0.2) is 83.8 Å². The number of hydrogen-bond donors (Lipinski definition) is 1. The van der Waals surface area contributed by atoms with Crippen LogP contribution in [-0.4, -0.2) is 33.8 Å². The van der Waals surface area contributed by atoms with E-state index in [9.17, 15) is 18.0 Å². The molecule has 3 aromatic carbocycles. The van der Waals surface area contributed by atoms with Gasteiger partial charge in [-0.2, -0.15) is 0 Å². The Bertz CT molecular complexity index is 1260. The lowest BCUT2D eigenvalue weighted by atomic mass is 10.1. The van der Waals surface area contributed by atoms with Gasteiger partial charge in [-0.05, 0) is 67.4 Å². The molecule has 0 radical (unpaired) electrons. The molecule has 0 saturated carbocycles. The van der Waals surface area contributed by atoms with Crippen LogP contribution in [0, 0.1) is 0 Å². The van der Waals surface area contributed by atoms with Crippen molar-refractivity contribution in [3.05, 3.63) is 84.4 Å². The quantitative estimate of drug-likeness (QED) is 0.591. The molecule has 0 spiro atoms. The Labute approximate surface area is 193 Å². The summed E-state index contributed by atoms with van der Waals surface area (Å²) in [5.74, 6) is -0.278. The average molecular weight is 464 g/mol. The van der Waals surface area contributed by atoms with E-state index in [-0.39, 0.29) is 16.7 Å². The van der Waals surface area contributed by atoms with Crippen molar-refractivity contribution in [2.45, 2.75) is 24.2 Å². The van der Waals surface area contributed by atoms with Crippen molar-refractivity contribution < 1.29 is 18.0 Å². The number of carbonyl (C=O) groups excluding carboxylic acids is 2. The molecule has 0 atom stereocenters. The van der Waals surface area contributed by atoms with Crippen molar-refractivity contribution >= 4 is 38.9 Å². The Morgan fingerprint density at radius 2 is 1.67 bits per heavy atom. The predicted molar refractivity (Wildman–Crippen MR) is 129 cm³/mol. The van der Waals surface area contributed by atoms with Gasteiger partial charge in [0.25, 0.3) is 15.9 Å². The summed E-state index contributed by atoms with van der Waals surface area (Å²) < 4.78 is 27.0. The van der Waals surface area contributed by atoms with Crippen molar-refractivity contribution in [1.29, 1.82) is 0 Å². The summed E-state index contributed by atoms with van der Waals surface area (Å²) in [5, 5.41) is 2.82. The molecule has 0 bridgehead atoms. The summed E-state index contributed by atoms with van der Waals surface area (Å²) in [4.78, 5) is 26.7. The highest BCUT2D eigenvalue weighted by Gasteiger charge is 2.22. The Hall–Kier alpha value is -3.65. The van der Waals surface area contributed by atoms with Gasteiger partial charge in [-0.15, -0.1) is 0 Å². The number of nitrogens with zero attached hydrogens (tertiary/aromatic N) is 2. The number of anilines is 3. The van der Waals surface area contributed by atoms with Crippen LogP contribution in [0.1, 0.15) is 29.6 Å². The van der Waals surface area contributed by atoms with Crippen LogP contribution in [-0.2, 0) is 14.8 Å². The molecule has 1 fully saturated rings. The number of para-hydroxylation sites is 1. The molecule has 0 unspecified atom stereocenters. The van der Waals surface area contributed by atoms with Crippen LogP contribution in [0.3, 0.4) is 0 Å². The number of hydrogen-bond acceptors (Lipinski definition) is 4. The fraction of sp³-hybridized carbons (Fsp3) is 0.200. The van der Waals surface area contributed by atoms with Gasteiger partial charge in [0, 0.05) is 37.0 Å². The third-order valence-corrected chi connectivity index (χ3v) is 7.43. The van der Waals surface area contributed by atoms with Crippen LogP contribution in [0.25, 0.3) is 0 Å². The molecule has 1 heterocycles. The monoisotopic (exact) mass is 463 g/mol. The van der Waals surface area contributed by atoms with Crippen LogP contribution in [0.2, 0.25) is 0 Å². The maximum Gasteiger partial charge on any atom is 0.264 e. The van der Waals surface area contributed by atoms with Gasteiger partial charge in [0.05, 0.1) is 10.6 Å². The second-order valence-corrected chi connectivity index (χ2v) is 9.81. The zero-order chi connectivity index (χ0) is 23.4. The van der Waals surface area contributed by atoms with Crippen molar-refractivity contribution in [3.63, 3.8) is 0 Å². The zero-order valence-electron chi connectivity index (χ0n) is 18.3. The van der Waals surface area contributed by atoms with Crippen molar-refractivity contribution in [2.24, 2.45) is 0 Å². The summed E-state index contributed by atoms with van der Waals surface area (Å²) in [6.07, 6.45) is 2.39. The van der Waals surface area contributed by atoms with Gasteiger partial charge in [-0.25, -0.2) is 8.42 Å². The highest BCUT2D eigenvalue weighted by atomic mass is 32.2. The first kappa shape index (κ1) is 22.5. The first-order valence-electron chi connectivity index (χ1n) is 10.7. The van der Waals surface area contributed by atoms with Crippen molar-refractivity contribution in [2.75, 3.05) is 28.1 Å². The van der Waals surface area contributed by atoms with Gasteiger partial charge in [0.2, 0.25) is 5.91 Å². The molecule has 1 N–H and O–H groups in total. The minimum absolute atomic E-state index is 0.0852. The highest BCUT2D eigenvalue weighted by Crippen LogP contribution is 2.25. The number of piperidine rings is 1. The van der Waals surface area contributed by atoms with Gasteiger partial charge in [0.1, 0.15) is 0 Å². The van der Waals surface area contributed by atoms with Crippen LogP contribution in [0.5, 0.6) is 0 Å². The normalized spacial score (nSPS) is 14.1. The van der Waals surface area contributed by atoms with E-state index >= 15 is 0 Å². The van der Waals surface area contributed by atoms with Crippen LogP contribution in [0.4, 0.5) is 17.1 Å². The van der Waals surface area contributed by atoms with E-state index in [1.54, 1.807) is 47.4 Å². The van der Waals surface area contributed by atoms with E-state index in [2.05, 4.69) is 5.32 Å². The first-order valence-corrected chi connectivity index (χ1v) is 12.2. The summed E-state index contributed by atoms with van der Waals surface area (Å²) in [5.41, 5.74) is 2.20. The molecule has 7 nitrogen and oxygen atoms in total. The molecule has 1 aliphatic heterocycles. The van der Waals surface area contributed by atoms with Crippen molar-refractivity contribution in [1.82, 2.24) is 0 Å². The first-order chi connectivity index (χ1) is 15.9. The van der Waals surface area contributed by atoms with Crippen molar-refractivity contribution in [3.8, 4) is 0 Å². The smallest absolute Gasteiger partial charge is 0.264 e. The summed E-state index contributed by atoms with van der Waals surface area (Å²) in [7, 11) is -2.26.